The summed E-state index contributed by atoms with van der Waals surface area (Å²) in [5.74, 6) is 0.665. The summed E-state index contributed by atoms with van der Waals surface area (Å²) < 4.78 is 5.80. The van der Waals surface area contributed by atoms with Gasteiger partial charge in [-0.3, -0.25) is 0 Å². The predicted octanol–water partition coefficient (Wildman–Crippen LogP) is 6.49. The molecule has 0 unspecified atom stereocenters. The third-order valence-corrected chi connectivity index (χ3v) is 4.66. The number of hydrogen-bond acceptors (Lipinski definition) is 3. The maximum Gasteiger partial charge on any atom is 0.231 e. The first kappa shape index (κ1) is 17.5. The molecule has 0 bridgehead atoms. The molecule has 3 rings (SSSR count). The van der Waals surface area contributed by atoms with E-state index in [0.717, 1.165) is 17.5 Å². The highest BCUT2D eigenvalue weighted by Crippen LogP contribution is 2.31. The number of phenolic OH excluding ortho intramolecular Hbond substituents is 1. The predicted molar refractivity (Wildman–Crippen MR) is 103 cm³/mol. The van der Waals surface area contributed by atoms with Gasteiger partial charge in [0.1, 0.15) is 11.3 Å². The minimum atomic E-state index is 0.192. The van der Waals surface area contributed by atoms with Crippen molar-refractivity contribution in [2.45, 2.75) is 58.3 Å². The Hall–Kier alpha value is -2.29. The molecule has 0 aliphatic heterocycles. The van der Waals surface area contributed by atoms with Crippen LogP contribution in [-0.2, 0) is 6.42 Å². The molecule has 132 valence electrons. The largest absolute Gasteiger partial charge is 0.507 e. The summed E-state index contributed by atoms with van der Waals surface area (Å²) in [7, 11) is 0. The van der Waals surface area contributed by atoms with Crippen molar-refractivity contribution in [3.05, 3.63) is 48.0 Å². The van der Waals surface area contributed by atoms with Crippen molar-refractivity contribution in [2.75, 3.05) is 0 Å². The number of hydrogen-bond donors (Lipinski definition) is 1. The summed E-state index contributed by atoms with van der Waals surface area (Å²) >= 11 is 0. The monoisotopic (exact) mass is 337 g/mol. The molecule has 3 heteroatoms. The Kier molecular flexibility index (Phi) is 6.10. The Morgan fingerprint density at radius 1 is 0.920 bits per heavy atom. The number of nitrogens with zero attached hydrogens (tertiary/aromatic N) is 1. The van der Waals surface area contributed by atoms with Crippen LogP contribution in [0.5, 0.6) is 5.75 Å². The molecule has 0 atom stereocenters. The Morgan fingerprint density at radius 3 is 2.48 bits per heavy atom. The van der Waals surface area contributed by atoms with Gasteiger partial charge in [0.05, 0.1) is 5.56 Å². The molecule has 0 aliphatic carbocycles. The summed E-state index contributed by atoms with van der Waals surface area (Å²) in [6, 6.07) is 13.4. The lowest BCUT2D eigenvalue weighted by molar-refractivity contribution is 0.474. The van der Waals surface area contributed by atoms with E-state index in [1.54, 1.807) is 12.1 Å². The standard InChI is InChI=1S/C22H27NO2/c1-2-3-4-5-6-7-8-11-17-14-15-21-19(16-17)23-22(25-21)18-12-9-10-13-20(18)24/h9-10,12-16,24H,2-8,11H2,1H3. The topological polar surface area (TPSA) is 46.3 Å². The van der Waals surface area contributed by atoms with Crippen molar-refractivity contribution >= 4 is 11.1 Å². The van der Waals surface area contributed by atoms with Crippen molar-refractivity contribution in [3.8, 4) is 17.2 Å². The Labute approximate surface area is 149 Å². The average Bonchev–Trinajstić information content (AvgIpc) is 3.04. The maximum absolute atomic E-state index is 9.96. The number of benzene rings is 2. The molecule has 0 amide bonds. The van der Waals surface area contributed by atoms with Crippen LogP contribution in [0.25, 0.3) is 22.6 Å². The highest BCUT2D eigenvalue weighted by atomic mass is 16.3. The van der Waals surface area contributed by atoms with E-state index in [4.69, 9.17) is 4.42 Å². The van der Waals surface area contributed by atoms with Crippen LogP contribution in [0.3, 0.4) is 0 Å². The summed E-state index contributed by atoms with van der Waals surface area (Å²) in [5, 5.41) is 9.96. The minimum absolute atomic E-state index is 0.192. The first-order valence-corrected chi connectivity index (χ1v) is 9.46. The number of oxazole rings is 1. The third kappa shape index (κ3) is 4.62. The maximum atomic E-state index is 9.96. The van der Waals surface area contributed by atoms with Crippen LogP contribution in [-0.4, -0.2) is 10.1 Å². The second-order valence-corrected chi connectivity index (χ2v) is 6.71. The molecule has 0 radical (unpaired) electrons. The summed E-state index contributed by atoms with van der Waals surface area (Å²) in [6.07, 6.45) is 10.3. The van der Waals surface area contributed by atoms with Crippen LogP contribution in [0.2, 0.25) is 0 Å². The second kappa shape index (κ2) is 8.70. The SMILES string of the molecule is CCCCCCCCCc1ccc2oc(-c3ccccc3O)nc2c1. The van der Waals surface area contributed by atoms with Crippen LogP contribution in [0, 0.1) is 0 Å². The number of aryl methyl sites for hydroxylation is 1. The van der Waals surface area contributed by atoms with Crippen LogP contribution < -0.4 is 0 Å². The Bertz CT molecular complexity index is 807. The molecular formula is C22H27NO2. The minimum Gasteiger partial charge on any atom is -0.507 e. The zero-order valence-electron chi connectivity index (χ0n) is 15.0. The van der Waals surface area contributed by atoms with E-state index < -0.39 is 0 Å². The molecule has 0 saturated heterocycles. The van der Waals surface area contributed by atoms with Crippen molar-refractivity contribution in [2.24, 2.45) is 0 Å². The van der Waals surface area contributed by atoms with Gasteiger partial charge in [0.25, 0.3) is 0 Å². The van der Waals surface area contributed by atoms with E-state index in [1.807, 2.05) is 18.2 Å². The van der Waals surface area contributed by atoms with Gasteiger partial charge in [-0.05, 0) is 42.7 Å². The molecule has 0 saturated carbocycles. The lowest BCUT2D eigenvalue weighted by atomic mass is 10.0. The van der Waals surface area contributed by atoms with Crippen molar-refractivity contribution in [3.63, 3.8) is 0 Å². The van der Waals surface area contributed by atoms with E-state index in [-0.39, 0.29) is 5.75 Å². The second-order valence-electron chi connectivity index (χ2n) is 6.71. The van der Waals surface area contributed by atoms with Crippen molar-refractivity contribution < 1.29 is 9.52 Å². The van der Waals surface area contributed by atoms with Gasteiger partial charge in [-0.25, -0.2) is 4.98 Å². The summed E-state index contributed by atoms with van der Waals surface area (Å²) in [4.78, 5) is 4.56. The van der Waals surface area contributed by atoms with E-state index in [9.17, 15) is 5.11 Å². The summed E-state index contributed by atoms with van der Waals surface area (Å²) in [5.41, 5.74) is 3.56. The third-order valence-electron chi connectivity index (χ3n) is 4.66. The highest BCUT2D eigenvalue weighted by molar-refractivity contribution is 5.78. The van der Waals surface area contributed by atoms with Gasteiger partial charge >= 0.3 is 0 Å². The van der Waals surface area contributed by atoms with Gasteiger partial charge in [0.15, 0.2) is 5.58 Å². The molecule has 1 N–H and O–H groups in total. The number of rotatable bonds is 9. The normalized spacial score (nSPS) is 11.2. The molecule has 0 fully saturated rings. The lowest BCUT2D eigenvalue weighted by Gasteiger charge is -2.02. The fourth-order valence-electron chi connectivity index (χ4n) is 3.18. The van der Waals surface area contributed by atoms with Crippen LogP contribution in [0.1, 0.15) is 57.4 Å². The summed E-state index contributed by atoms with van der Waals surface area (Å²) in [6.45, 7) is 2.25. The van der Waals surface area contributed by atoms with Gasteiger partial charge in [0.2, 0.25) is 5.89 Å². The lowest BCUT2D eigenvalue weighted by Crippen LogP contribution is -1.86. The molecule has 1 aromatic heterocycles. The molecular weight excluding hydrogens is 310 g/mol. The molecule has 25 heavy (non-hydrogen) atoms. The molecule has 0 spiro atoms. The van der Waals surface area contributed by atoms with E-state index in [2.05, 4.69) is 24.0 Å². The number of aromatic hydroxyl groups is 1. The van der Waals surface area contributed by atoms with Gasteiger partial charge in [0, 0.05) is 0 Å². The van der Waals surface area contributed by atoms with Gasteiger partial charge in [-0.1, -0.05) is 63.6 Å². The fourth-order valence-corrected chi connectivity index (χ4v) is 3.18. The Balaban J connectivity index is 1.60. The molecule has 1 heterocycles. The molecule has 3 nitrogen and oxygen atoms in total. The van der Waals surface area contributed by atoms with Crippen LogP contribution in [0.4, 0.5) is 0 Å². The number of para-hydroxylation sites is 1. The molecule has 0 aliphatic rings. The number of aromatic nitrogens is 1. The van der Waals surface area contributed by atoms with E-state index in [1.165, 1.54) is 50.5 Å². The van der Waals surface area contributed by atoms with Crippen LogP contribution in [0.15, 0.2) is 46.9 Å². The zero-order valence-corrected chi connectivity index (χ0v) is 15.0. The van der Waals surface area contributed by atoms with Gasteiger partial charge < -0.3 is 9.52 Å². The zero-order chi connectivity index (χ0) is 17.5. The fraction of sp³-hybridized carbons (Fsp3) is 0.409. The first-order valence-electron chi connectivity index (χ1n) is 9.46. The highest BCUT2D eigenvalue weighted by Gasteiger charge is 2.11. The van der Waals surface area contributed by atoms with Crippen molar-refractivity contribution in [1.82, 2.24) is 4.98 Å². The van der Waals surface area contributed by atoms with Crippen LogP contribution >= 0.6 is 0 Å². The Morgan fingerprint density at radius 2 is 1.68 bits per heavy atom. The number of phenols is 1. The van der Waals surface area contributed by atoms with Gasteiger partial charge in [-0.15, -0.1) is 0 Å². The number of unbranched alkanes of at least 4 members (excludes halogenated alkanes) is 6. The van der Waals surface area contributed by atoms with Gasteiger partial charge in [-0.2, -0.15) is 0 Å². The van der Waals surface area contributed by atoms with Crippen molar-refractivity contribution in [1.29, 1.82) is 0 Å². The first-order chi connectivity index (χ1) is 12.3. The van der Waals surface area contributed by atoms with E-state index in [0.29, 0.717) is 11.5 Å². The molecule has 2 aromatic carbocycles. The quantitative estimate of drug-likeness (QED) is 0.454. The molecule has 3 aromatic rings. The van der Waals surface area contributed by atoms with E-state index >= 15 is 0 Å². The smallest absolute Gasteiger partial charge is 0.231 e. The number of fused-ring (bicyclic) bond motifs is 1. The average molecular weight is 337 g/mol.